The maximum atomic E-state index is 11.8. The van der Waals surface area contributed by atoms with Crippen molar-refractivity contribution in [3.63, 3.8) is 0 Å². The lowest BCUT2D eigenvalue weighted by atomic mass is 10.2. The van der Waals surface area contributed by atoms with Crippen molar-refractivity contribution in [1.29, 1.82) is 0 Å². The molecule has 0 aliphatic carbocycles. The van der Waals surface area contributed by atoms with E-state index in [2.05, 4.69) is 18.9 Å². The van der Waals surface area contributed by atoms with Gasteiger partial charge < -0.3 is 5.73 Å². The van der Waals surface area contributed by atoms with Crippen molar-refractivity contribution in [3.8, 4) is 0 Å². The van der Waals surface area contributed by atoms with Crippen LogP contribution in [0.15, 0.2) is 12.3 Å². The van der Waals surface area contributed by atoms with Gasteiger partial charge in [0.05, 0.1) is 23.2 Å². The van der Waals surface area contributed by atoms with Crippen LogP contribution in [0.1, 0.15) is 45.3 Å². The monoisotopic (exact) mass is 273 g/mol. The Morgan fingerprint density at radius 1 is 1.39 bits per heavy atom. The van der Waals surface area contributed by atoms with Gasteiger partial charge in [-0.05, 0) is 25.8 Å². The van der Waals surface area contributed by atoms with E-state index in [9.17, 15) is 8.42 Å². The fourth-order valence-electron chi connectivity index (χ4n) is 2.01. The first-order valence-corrected chi connectivity index (χ1v) is 8.20. The molecule has 0 aliphatic rings. The second kappa shape index (κ2) is 6.33. The van der Waals surface area contributed by atoms with Crippen LogP contribution in [0, 0.1) is 0 Å². The summed E-state index contributed by atoms with van der Waals surface area (Å²) in [5.41, 5.74) is 6.12. The Morgan fingerprint density at radius 3 is 2.50 bits per heavy atom. The zero-order valence-electron chi connectivity index (χ0n) is 11.3. The SMILES string of the molecule is CCC(CC)n1ccc(CS(=O)(=O)CC(C)N)n1. The van der Waals surface area contributed by atoms with Gasteiger partial charge in [0.15, 0.2) is 9.84 Å². The molecule has 0 saturated carbocycles. The van der Waals surface area contributed by atoms with Crippen molar-refractivity contribution in [3.05, 3.63) is 18.0 Å². The standard InChI is InChI=1S/C12H23N3O2S/c1-4-12(5-2)15-7-6-11(14-15)9-18(16,17)8-10(3)13/h6-7,10,12H,4-5,8-9,13H2,1-3H3. The predicted molar refractivity (Wildman–Crippen MR) is 73.0 cm³/mol. The van der Waals surface area contributed by atoms with E-state index in [4.69, 9.17) is 5.73 Å². The lowest BCUT2D eigenvalue weighted by Gasteiger charge is -2.12. The summed E-state index contributed by atoms with van der Waals surface area (Å²) in [5.74, 6) is -0.0213. The molecule has 5 nitrogen and oxygen atoms in total. The lowest BCUT2D eigenvalue weighted by molar-refractivity contribution is 0.426. The van der Waals surface area contributed by atoms with E-state index in [0.717, 1.165) is 12.8 Å². The highest BCUT2D eigenvalue weighted by atomic mass is 32.2. The quantitative estimate of drug-likeness (QED) is 0.816. The van der Waals surface area contributed by atoms with Crippen LogP contribution in [0.25, 0.3) is 0 Å². The van der Waals surface area contributed by atoms with Crippen LogP contribution in [0.2, 0.25) is 0 Å². The summed E-state index contributed by atoms with van der Waals surface area (Å²) in [6.45, 7) is 5.89. The van der Waals surface area contributed by atoms with E-state index in [1.54, 1.807) is 13.0 Å². The van der Waals surface area contributed by atoms with E-state index in [-0.39, 0.29) is 17.5 Å². The Labute approximate surface area is 109 Å². The van der Waals surface area contributed by atoms with Crippen molar-refractivity contribution in [2.45, 2.75) is 51.4 Å². The summed E-state index contributed by atoms with van der Waals surface area (Å²) in [5, 5.41) is 4.34. The first-order chi connectivity index (χ1) is 8.38. The molecule has 0 fully saturated rings. The maximum Gasteiger partial charge on any atom is 0.157 e. The number of nitrogens with two attached hydrogens (primary N) is 1. The van der Waals surface area contributed by atoms with E-state index >= 15 is 0 Å². The van der Waals surface area contributed by atoms with Crippen molar-refractivity contribution in [2.24, 2.45) is 5.73 Å². The van der Waals surface area contributed by atoms with Gasteiger partial charge in [0.1, 0.15) is 0 Å². The fraction of sp³-hybridized carbons (Fsp3) is 0.750. The Hall–Kier alpha value is -0.880. The number of aromatic nitrogens is 2. The topological polar surface area (TPSA) is 78.0 Å². The van der Waals surface area contributed by atoms with Crippen molar-refractivity contribution >= 4 is 9.84 Å². The van der Waals surface area contributed by atoms with Gasteiger partial charge in [-0.1, -0.05) is 13.8 Å². The Morgan fingerprint density at radius 2 is 2.00 bits per heavy atom. The van der Waals surface area contributed by atoms with Crippen LogP contribution in [-0.2, 0) is 15.6 Å². The summed E-state index contributed by atoms with van der Waals surface area (Å²) in [6.07, 6.45) is 3.84. The lowest BCUT2D eigenvalue weighted by Crippen LogP contribution is -2.27. The zero-order chi connectivity index (χ0) is 13.8. The van der Waals surface area contributed by atoms with E-state index < -0.39 is 9.84 Å². The molecular formula is C12H23N3O2S. The minimum absolute atomic E-state index is 0.00481. The second-order valence-electron chi connectivity index (χ2n) is 4.79. The van der Waals surface area contributed by atoms with E-state index in [1.807, 2.05) is 10.9 Å². The van der Waals surface area contributed by atoms with Gasteiger partial charge in [0.25, 0.3) is 0 Å². The summed E-state index contributed by atoms with van der Waals surface area (Å²) < 4.78 is 25.5. The molecule has 0 spiro atoms. The average molecular weight is 273 g/mol. The van der Waals surface area contributed by atoms with Gasteiger partial charge in [0.2, 0.25) is 0 Å². The molecular weight excluding hydrogens is 250 g/mol. The molecule has 1 unspecified atom stereocenters. The highest BCUT2D eigenvalue weighted by molar-refractivity contribution is 7.90. The molecule has 1 aromatic heterocycles. The first kappa shape index (κ1) is 15.2. The van der Waals surface area contributed by atoms with Gasteiger partial charge in [-0.15, -0.1) is 0 Å². The molecule has 0 bridgehead atoms. The highest BCUT2D eigenvalue weighted by Crippen LogP contribution is 2.15. The summed E-state index contributed by atoms with van der Waals surface area (Å²) in [4.78, 5) is 0. The molecule has 1 aromatic rings. The van der Waals surface area contributed by atoms with Crippen molar-refractivity contribution in [1.82, 2.24) is 9.78 Å². The molecule has 18 heavy (non-hydrogen) atoms. The molecule has 6 heteroatoms. The van der Waals surface area contributed by atoms with Crippen LogP contribution in [0.3, 0.4) is 0 Å². The minimum Gasteiger partial charge on any atom is -0.327 e. The van der Waals surface area contributed by atoms with Crippen LogP contribution in [0.5, 0.6) is 0 Å². The number of sulfone groups is 1. The first-order valence-electron chi connectivity index (χ1n) is 6.38. The highest BCUT2D eigenvalue weighted by Gasteiger charge is 2.17. The number of rotatable bonds is 7. The molecule has 1 heterocycles. The minimum atomic E-state index is -3.16. The van der Waals surface area contributed by atoms with Crippen LogP contribution >= 0.6 is 0 Å². The molecule has 0 aromatic carbocycles. The van der Waals surface area contributed by atoms with Gasteiger partial charge in [-0.25, -0.2) is 8.42 Å². The van der Waals surface area contributed by atoms with Crippen LogP contribution < -0.4 is 5.73 Å². The largest absolute Gasteiger partial charge is 0.327 e. The third kappa shape index (κ3) is 4.42. The summed E-state index contributed by atoms with van der Waals surface area (Å²) in [7, 11) is -3.16. The Bertz CT molecular complexity index is 461. The number of hydrogen-bond donors (Lipinski definition) is 1. The second-order valence-corrected chi connectivity index (χ2v) is 6.90. The average Bonchev–Trinajstić information content (AvgIpc) is 2.65. The summed E-state index contributed by atoms with van der Waals surface area (Å²) in [6, 6.07) is 1.78. The zero-order valence-corrected chi connectivity index (χ0v) is 12.2. The number of nitrogens with zero attached hydrogens (tertiary/aromatic N) is 2. The molecule has 0 aliphatic heterocycles. The molecule has 104 valence electrons. The van der Waals surface area contributed by atoms with Gasteiger partial charge in [-0.3, -0.25) is 4.68 Å². The number of hydrogen-bond acceptors (Lipinski definition) is 4. The Balaban J connectivity index is 2.75. The fourth-order valence-corrected chi connectivity index (χ4v) is 3.53. The van der Waals surface area contributed by atoms with Crippen LogP contribution in [0.4, 0.5) is 0 Å². The molecule has 0 saturated heterocycles. The van der Waals surface area contributed by atoms with E-state index in [0.29, 0.717) is 11.7 Å². The maximum absolute atomic E-state index is 11.8. The predicted octanol–water partition coefficient (Wildman–Crippen LogP) is 1.51. The molecule has 1 rings (SSSR count). The van der Waals surface area contributed by atoms with Crippen LogP contribution in [-0.4, -0.2) is 30.0 Å². The van der Waals surface area contributed by atoms with Gasteiger partial charge in [-0.2, -0.15) is 5.10 Å². The van der Waals surface area contributed by atoms with E-state index in [1.165, 1.54) is 0 Å². The third-order valence-corrected chi connectivity index (χ3v) is 4.63. The molecule has 0 radical (unpaired) electrons. The summed E-state index contributed by atoms with van der Waals surface area (Å²) >= 11 is 0. The Kier molecular flexibility index (Phi) is 5.34. The third-order valence-electron chi connectivity index (χ3n) is 2.86. The molecule has 0 amide bonds. The van der Waals surface area contributed by atoms with Crippen molar-refractivity contribution in [2.75, 3.05) is 5.75 Å². The molecule has 1 atom stereocenters. The normalized spacial score (nSPS) is 14.1. The van der Waals surface area contributed by atoms with Gasteiger partial charge in [0, 0.05) is 12.2 Å². The van der Waals surface area contributed by atoms with Gasteiger partial charge >= 0.3 is 0 Å². The molecule has 2 N–H and O–H groups in total. The smallest absolute Gasteiger partial charge is 0.157 e. The van der Waals surface area contributed by atoms with Crippen molar-refractivity contribution < 1.29 is 8.42 Å².